The van der Waals surface area contributed by atoms with E-state index in [1.54, 1.807) is 11.3 Å². The maximum atomic E-state index is 12.1. The van der Waals surface area contributed by atoms with Crippen molar-refractivity contribution in [2.45, 2.75) is 19.4 Å². The molecule has 1 aromatic rings. The van der Waals surface area contributed by atoms with E-state index in [2.05, 4.69) is 0 Å². The molecule has 1 nitrogen and oxygen atoms in total. The summed E-state index contributed by atoms with van der Waals surface area (Å²) in [5.41, 5.74) is 1.23. The number of rotatable bonds is 2. The van der Waals surface area contributed by atoms with Crippen LogP contribution in [0.25, 0.3) is 0 Å². The van der Waals surface area contributed by atoms with Crippen LogP contribution in [0.4, 0.5) is 8.78 Å². The molecule has 2 heterocycles. The van der Waals surface area contributed by atoms with E-state index in [4.69, 9.17) is 0 Å². The molecule has 0 saturated carbocycles. The first-order chi connectivity index (χ1) is 6.25. The standard InChI is InChI=1S/C9H11F2NS/c10-9(11)6-12-3-1-8-7(5-12)2-4-13-8/h2,4,9H,1,3,5-6H2. The predicted octanol–water partition coefficient (Wildman–Crippen LogP) is 2.37. The summed E-state index contributed by atoms with van der Waals surface area (Å²) in [5.74, 6) is 0. The molecule has 4 heteroatoms. The Kier molecular flexibility index (Phi) is 2.60. The van der Waals surface area contributed by atoms with Gasteiger partial charge in [0, 0.05) is 18.0 Å². The number of alkyl halides is 2. The van der Waals surface area contributed by atoms with Crippen LogP contribution in [-0.4, -0.2) is 24.4 Å². The molecule has 72 valence electrons. The topological polar surface area (TPSA) is 3.24 Å². The van der Waals surface area contributed by atoms with Gasteiger partial charge >= 0.3 is 0 Å². The van der Waals surface area contributed by atoms with E-state index >= 15 is 0 Å². The van der Waals surface area contributed by atoms with Crippen molar-refractivity contribution in [3.63, 3.8) is 0 Å². The van der Waals surface area contributed by atoms with Crippen molar-refractivity contribution in [2.75, 3.05) is 13.1 Å². The first-order valence-electron chi connectivity index (χ1n) is 4.31. The van der Waals surface area contributed by atoms with E-state index < -0.39 is 6.43 Å². The third kappa shape index (κ3) is 2.06. The molecule has 13 heavy (non-hydrogen) atoms. The van der Waals surface area contributed by atoms with E-state index in [-0.39, 0.29) is 6.54 Å². The Labute approximate surface area is 80.0 Å². The highest BCUT2D eigenvalue weighted by Crippen LogP contribution is 2.24. The van der Waals surface area contributed by atoms with Crippen molar-refractivity contribution in [1.29, 1.82) is 0 Å². The molecule has 0 aliphatic carbocycles. The second-order valence-corrected chi connectivity index (χ2v) is 4.25. The normalized spacial score (nSPS) is 17.8. The molecule has 0 atom stereocenters. The lowest BCUT2D eigenvalue weighted by molar-refractivity contribution is 0.0824. The van der Waals surface area contributed by atoms with E-state index in [0.717, 1.165) is 13.0 Å². The van der Waals surface area contributed by atoms with Gasteiger partial charge in [0.15, 0.2) is 0 Å². The highest BCUT2D eigenvalue weighted by molar-refractivity contribution is 7.10. The van der Waals surface area contributed by atoms with Crippen LogP contribution in [0.1, 0.15) is 10.4 Å². The summed E-state index contributed by atoms with van der Waals surface area (Å²) in [6.07, 6.45) is -1.28. The summed E-state index contributed by atoms with van der Waals surface area (Å²) >= 11 is 1.73. The fraction of sp³-hybridized carbons (Fsp3) is 0.556. The lowest BCUT2D eigenvalue weighted by Gasteiger charge is -2.26. The molecule has 1 aromatic heterocycles. The Morgan fingerprint density at radius 3 is 3.15 bits per heavy atom. The van der Waals surface area contributed by atoms with E-state index in [0.29, 0.717) is 6.54 Å². The van der Waals surface area contributed by atoms with Crippen molar-refractivity contribution >= 4 is 11.3 Å². The SMILES string of the molecule is FC(F)CN1CCc2sccc2C1. The Morgan fingerprint density at radius 2 is 2.38 bits per heavy atom. The third-order valence-corrected chi connectivity index (χ3v) is 3.31. The molecule has 0 saturated heterocycles. The molecule has 0 bridgehead atoms. The first-order valence-corrected chi connectivity index (χ1v) is 5.19. The van der Waals surface area contributed by atoms with Gasteiger partial charge in [-0.3, -0.25) is 4.90 Å². The van der Waals surface area contributed by atoms with Gasteiger partial charge in [0.25, 0.3) is 6.43 Å². The molecule has 2 rings (SSSR count). The van der Waals surface area contributed by atoms with Gasteiger partial charge < -0.3 is 0 Å². The van der Waals surface area contributed by atoms with Crippen molar-refractivity contribution in [3.8, 4) is 0 Å². The second-order valence-electron chi connectivity index (χ2n) is 3.25. The van der Waals surface area contributed by atoms with Crippen LogP contribution in [0, 0.1) is 0 Å². The quantitative estimate of drug-likeness (QED) is 0.713. The van der Waals surface area contributed by atoms with Gasteiger partial charge in [-0.05, 0) is 23.4 Å². The molecule has 1 aliphatic rings. The maximum Gasteiger partial charge on any atom is 0.251 e. The summed E-state index contributed by atoms with van der Waals surface area (Å²) in [6.45, 7) is 1.39. The van der Waals surface area contributed by atoms with Crippen LogP contribution in [0.15, 0.2) is 11.4 Å². The fourth-order valence-corrected chi connectivity index (χ4v) is 2.55. The average Bonchev–Trinajstić information content (AvgIpc) is 2.49. The number of hydrogen-bond donors (Lipinski definition) is 0. The summed E-state index contributed by atoms with van der Waals surface area (Å²) in [4.78, 5) is 3.19. The molecule has 0 unspecified atom stereocenters. The minimum Gasteiger partial charge on any atom is -0.293 e. The number of fused-ring (bicyclic) bond motifs is 1. The van der Waals surface area contributed by atoms with Crippen LogP contribution in [0.5, 0.6) is 0 Å². The van der Waals surface area contributed by atoms with Crippen molar-refractivity contribution in [1.82, 2.24) is 4.90 Å². The minimum atomic E-state index is -2.21. The zero-order chi connectivity index (χ0) is 9.26. The van der Waals surface area contributed by atoms with Gasteiger partial charge in [-0.25, -0.2) is 8.78 Å². The van der Waals surface area contributed by atoms with Crippen LogP contribution >= 0.6 is 11.3 Å². The van der Waals surface area contributed by atoms with E-state index in [9.17, 15) is 8.78 Å². The molecular weight excluding hydrogens is 192 g/mol. The molecular formula is C9H11F2NS. The lowest BCUT2D eigenvalue weighted by atomic mass is 10.1. The molecule has 0 radical (unpaired) electrons. The number of thiophene rings is 1. The largest absolute Gasteiger partial charge is 0.293 e. The summed E-state index contributed by atoms with van der Waals surface area (Å²) in [5, 5.41) is 2.04. The van der Waals surface area contributed by atoms with Crippen LogP contribution < -0.4 is 0 Å². The Balaban J connectivity index is 2.00. The second kappa shape index (κ2) is 3.72. The van der Waals surface area contributed by atoms with Crippen LogP contribution in [0.2, 0.25) is 0 Å². The highest BCUT2D eigenvalue weighted by atomic mass is 32.1. The van der Waals surface area contributed by atoms with Crippen LogP contribution in [-0.2, 0) is 13.0 Å². The van der Waals surface area contributed by atoms with Crippen molar-refractivity contribution in [3.05, 3.63) is 21.9 Å². The Hall–Kier alpha value is -0.480. The highest BCUT2D eigenvalue weighted by Gasteiger charge is 2.19. The van der Waals surface area contributed by atoms with Gasteiger partial charge in [-0.2, -0.15) is 0 Å². The number of nitrogens with zero attached hydrogens (tertiary/aromatic N) is 1. The molecule has 1 aliphatic heterocycles. The number of halogens is 2. The lowest BCUT2D eigenvalue weighted by Crippen LogP contribution is -2.33. The van der Waals surface area contributed by atoms with Crippen molar-refractivity contribution < 1.29 is 8.78 Å². The Bertz CT molecular complexity index is 285. The smallest absolute Gasteiger partial charge is 0.251 e. The van der Waals surface area contributed by atoms with Gasteiger partial charge in [0.1, 0.15) is 0 Å². The number of hydrogen-bond acceptors (Lipinski definition) is 2. The summed E-state index contributed by atoms with van der Waals surface area (Å²) < 4.78 is 24.2. The Morgan fingerprint density at radius 1 is 1.54 bits per heavy atom. The van der Waals surface area contributed by atoms with Gasteiger partial charge in [-0.15, -0.1) is 11.3 Å². The van der Waals surface area contributed by atoms with Gasteiger partial charge in [-0.1, -0.05) is 0 Å². The molecule has 0 amide bonds. The molecule has 0 N–H and O–H groups in total. The first kappa shape index (κ1) is 9.09. The molecule has 0 spiro atoms. The fourth-order valence-electron chi connectivity index (χ4n) is 1.66. The zero-order valence-corrected chi connectivity index (χ0v) is 7.99. The van der Waals surface area contributed by atoms with Crippen LogP contribution in [0.3, 0.4) is 0 Å². The monoisotopic (exact) mass is 203 g/mol. The molecule has 0 fully saturated rings. The average molecular weight is 203 g/mol. The predicted molar refractivity (Wildman–Crippen MR) is 49.3 cm³/mol. The molecule has 0 aromatic carbocycles. The summed E-state index contributed by atoms with van der Waals surface area (Å²) in [7, 11) is 0. The van der Waals surface area contributed by atoms with E-state index in [1.807, 2.05) is 16.3 Å². The maximum absolute atomic E-state index is 12.1. The third-order valence-electron chi connectivity index (χ3n) is 2.28. The van der Waals surface area contributed by atoms with Crippen molar-refractivity contribution in [2.24, 2.45) is 0 Å². The van der Waals surface area contributed by atoms with Gasteiger partial charge in [0.05, 0.1) is 6.54 Å². The van der Waals surface area contributed by atoms with Gasteiger partial charge in [0.2, 0.25) is 0 Å². The summed E-state index contributed by atoms with van der Waals surface area (Å²) in [6, 6.07) is 2.04. The zero-order valence-electron chi connectivity index (χ0n) is 7.17. The minimum absolute atomic E-state index is 0.0880. The van der Waals surface area contributed by atoms with E-state index in [1.165, 1.54) is 10.4 Å².